The Balaban J connectivity index is 2.49. The molecule has 2 aromatic rings. The molecule has 0 aliphatic heterocycles. The van der Waals surface area contributed by atoms with E-state index >= 15 is 0 Å². The first kappa shape index (κ1) is 14.0. The monoisotopic (exact) mass is 286 g/mol. The van der Waals surface area contributed by atoms with Crippen molar-refractivity contribution >= 4 is 0 Å². The highest BCUT2D eigenvalue weighted by molar-refractivity contribution is 5.61. The molecule has 0 spiro atoms. The summed E-state index contributed by atoms with van der Waals surface area (Å²) in [5.74, 6) is -0.0575. The highest BCUT2D eigenvalue weighted by Gasteiger charge is 2.18. The normalized spacial score (nSPS) is 10.8. The number of nitrogens with zero attached hydrogens (tertiary/aromatic N) is 2. The molecular weight excluding hydrogens is 274 g/mol. The molecule has 6 nitrogen and oxygen atoms in total. The van der Waals surface area contributed by atoms with Gasteiger partial charge in [0.2, 0.25) is 0 Å². The van der Waals surface area contributed by atoms with Crippen molar-refractivity contribution in [2.45, 2.75) is 13.0 Å². The van der Waals surface area contributed by atoms with Gasteiger partial charge in [-0.25, -0.2) is 13.6 Å². The first-order chi connectivity index (χ1) is 9.56. The highest BCUT2D eigenvalue weighted by Crippen LogP contribution is 2.31. The van der Waals surface area contributed by atoms with Crippen LogP contribution in [0.3, 0.4) is 0 Å². The number of rotatable bonds is 5. The summed E-state index contributed by atoms with van der Waals surface area (Å²) in [4.78, 5) is 11.4. The second kappa shape index (κ2) is 5.72. The molecule has 1 heterocycles. The van der Waals surface area contributed by atoms with Crippen LogP contribution in [0, 0.1) is 0 Å². The molecule has 1 aromatic heterocycles. The summed E-state index contributed by atoms with van der Waals surface area (Å²) in [5.41, 5.74) is 0.411. The van der Waals surface area contributed by atoms with E-state index in [0.29, 0.717) is 17.1 Å². The maximum Gasteiger partial charge on any atom is 0.442 e. The summed E-state index contributed by atoms with van der Waals surface area (Å²) in [6.07, 6.45) is -2.69. The first-order valence-electron chi connectivity index (χ1n) is 5.64. The Morgan fingerprint density at radius 3 is 2.60 bits per heavy atom. The third kappa shape index (κ3) is 2.63. The molecule has 20 heavy (non-hydrogen) atoms. The predicted molar refractivity (Wildman–Crippen MR) is 65.3 cm³/mol. The van der Waals surface area contributed by atoms with Gasteiger partial charge >= 0.3 is 5.76 Å². The smallest absolute Gasteiger partial charge is 0.442 e. The van der Waals surface area contributed by atoms with Gasteiger partial charge in [0, 0.05) is 5.56 Å². The van der Waals surface area contributed by atoms with Gasteiger partial charge in [0.05, 0.1) is 20.8 Å². The second-order valence-electron chi connectivity index (χ2n) is 3.84. The molecule has 0 radical (unpaired) electrons. The van der Waals surface area contributed by atoms with Crippen LogP contribution in [-0.4, -0.2) is 30.4 Å². The van der Waals surface area contributed by atoms with Crippen molar-refractivity contribution < 1.29 is 22.8 Å². The number of halogens is 2. The highest BCUT2D eigenvalue weighted by atomic mass is 19.3. The zero-order valence-corrected chi connectivity index (χ0v) is 10.8. The second-order valence-corrected chi connectivity index (χ2v) is 3.84. The molecule has 0 amide bonds. The lowest BCUT2D eigenvalue weighted by Crippen LogP contribution is -2.19. The van der Waals surface area contributed by atoms with Crippen LogP contribution < -0.4 is 15.2 Å². The summed E-state index contributed by atoms with van der Waals surface area (Å²) in [6, 6.07) is 4.68. The number of aromatic nitrogens is 2. The van der Waals surface area contributed by atoms with Crippen LogP contribution in [0.5, 0.6) is 11.5 Å². The van der Waals surface area contributed by atoms with Gasteiger partial charge in [-0.2, -0.15) is 0 Å². The summed E-state index contributed by atoms with van der Waals surface area (Å²) >= 11 is 0. The van der Waals surface area contributed by atoms with E-state index in [1.54, 1.807) is 12.1 Å². The molecule has 0 saturated heterocycles. The number of hydrogen-bond donors (Lipinski definition) is 0. The Labute approximate surface area is 112 Å². The van der Waals surface area contributed by atoms with E-state index in [4.69, 9.17) is 9.47 Å². The number of benzene rings is 1. The van der Waals surface area contributed by atoms with Crippen molar-refractivity contribution in [1.82, 2.24) is 9.72 Å². The summed E-state index contributed by atoms with van der Waals surface area (Å²) in [5, 5.41) is 3.52. The molecule has 1 aromatic carbocycles. The maximum absolute atomic E-state index is 12.5. The van der Waals surface area contributed by atoms with Crippen molar-refractivity contribution in [1.29, 1.82) is 0 Å². The van der Waals surface area contributed by atoms with Gasteiger partial charge in [-0.15, -0.1) is 0 Å². The van der Waals surface area contributed by atoms with Crippen LogP contribution in [0.15, 0.2) is 27.5 Å². The molecule has 108 valence electrons. The molecular formula is C12H12F2N2O4. The molecule has 0 aliphatic carbocycles. The van der Waals surface area contributed by atoms with E-state index in [-0.39, 0.29) is 5.82 Å². The van der Waals surface area contributed by atoms with Gasteiger partial charge < -0.3 is 9.47 Å². The van der Waals surface area contributed by atoms with Gasteiger partial charge in [-0.1, -0.05) is 5.16 Å². The van der Waals surface area contributed by atoms with Gasteiger partial charge in [0.25, 0.3) is 6.43 Å². The van der Waals surface area contributed by atoms with E-state index < -0.39 is 18.7 Å². The molecule has 8 heteroatoms. The van der Waals surface area contributed by atoms with Gasteiger partial charge in [-0.05, 0) is 18.2 Å². The molecule has 0 N–H and O–H groups in total. The Hall–Kier alpha value is -2.38. The SMILES string of the molecule is COc1ccc(-c2noc(=O)n2CC(F)F)cc1OC. The average Bonchev–Trinajstić information content (AvgIpc) is 2.79. The van der Waals surface area contributed by atoms with Gasteiger partial charge in [0.1, 0.15) is 0 Å². The zero-order valence-electron chi connectivity index (χ0n) is 10.8. The number of ether oxygens (including phenoxy) is 2. The lowest BCUT2D eigenvalue weighted by molar-refractivity contribution is 0.124. The van der Waals surface area contributed by atoms with Crippen molar-refractivity contribution in [3.8, 4) is 22.9 Å². The zero-order chi connectivity index (χ0) is 14.7. The minimum absolute atomic E-state index is 0.0104. The molecule has 0 aliphatic rings. The topological polar surface area (TPSA) is 66.5 Å². The van der Waals surface area contributed by atoms with Crippen molar-refractivity contribution in [3.63, 3.8) is 0 Å². The fraction of sp³-hybridized carbons (Fsp3) is 0.333. The first-order valence-corrected chi connectivity index (χ1v) is 5.64. The largest absolute Gasteiger partial charge is 0.493 e. The van der Waals surface area contributed by atoms with Crippen LogP contribution >= 0.6 is 0 Å². The summed E-state index contributed by atoms with van der Waals surface area (Å²) in [7, 11) is 2.91. The molecule has 0 saturated carbocycles. The standard InChI is InChI=1S/C12H12F2N2O4/c1-18-8-4-3-7(5-9(8)19-2)11-15-20-12(17)16(11)6-10(13)14/h3-5,10H,6H2,1-2H3. The Kier molecular flexibility index (Phi) is 4.02. The molecule has 0 fully saturated rings. The van der Waals surface area contributed by atoms with Gasteiger partial charge in [-0.3, -0.25) is 9.09 Å². The molecule has 0 unspecified atom stereocenters. The van der Waals surface area contributed by atoms with E-state index in [2.05, 4.69) is 9.68 Å². The van der Waals surface area contributed by atoms with E-state index in [9.17, 15) is 13.6 Å². The molecule has 2 rings (SSSR count). The number of hydrogen-bond acceptors (Lipinski definition) is 5. The lowest BCUT2D eigenvalue weighted by Gasteiger charge is -2.09. The number of alkyl halides is 2. The van der Waals surface area contributed by atoms with Crippen LogP contribution in [0.4, 0.5) is 8.78 Å². The third-order valence-electron chi connectivity index (χ3n) is 2.65. The Morgan fingerprint density at radius 1 is 1.30 bits per heavy atom. The van der Waals surface area contributed by atoms with Crippen LogP contribution in [-0.2, 0) is 6.54 Å². The van der Waals surface area contributed by atoms with Crippen molar-refractivity contribution in [2.75, 3.05) is 14.2 Å². The third-order valence-corrected chi connectivity index (χ3v) is 2.65. The fourth-order valence-corrected chi connectivity index (χ4v) is 1.75. The van der Waals surface area contributed by atoms with E-state index in [0.717, 1.165) is 4.57 Å². The average molecular weight is 286 g/mol. The van der Waals surface area contributed by atoms with Crippen molar-refractivity contribution in [3.05, 3.63) is 28.7 Å². The van der Waals surface area contributed by atoms with Crippen LogP contribution in [0.1, 0.15) is 0 Å². The quantitative estimate of drug-likeness (QED) is 0.838. The van der Waals surface area contributed by atoms with E-state index in [1.807, 2.05) is 0 Å². The Morgan fingerprint density at radius 2 is 2.00 bits per heavy atom. The minimum atomic E-state index is -2.69. The number of methoxy groups -OCH3 is 2. The molecule has 0 atom stereocenters. The maximum atomic E-state index is 12.5. The van der Waals surface area contributed by atoms with E-state index in [1.165, 1.54) is 20.3 Å². The Bertz CT molecular complexity index is 651. The van der Waals surface area contributed by atoms with Crippen LogP contribution in [0.25, 0.3) is 11.4 Å². The van der Waals surface area contributed by atoms with Gasteiger partial charge in [0.15, 0.2) is 17.3 Å². The molecule has 0 bridgehead atoms. The fourth-order valence-electron chi connectivity index (χ4n) is 1.75. The summed E-state index contributed by atoms with van der Waals surface area (Å²) in [6.45, 7) is -0.786. The lowest BCUT2D eigenvalue weighted by atomic mass is 10.2. The predicted octanol–water partition coefficient (Wildman–Crippen LogP) is 1.79. The summed E-state index contributed by atoms with van der Waals surface area (Å²) < 4.78 is 40.3. The minimum Gasteiger partial charge on any atom is -0.493 e. The van der Waals surface area contributed by atoms with Crippen molar-refractivity contribution in [2.24, 2.45) is 0 Å². The van der Waals surface area contributed by atoms with Crippen LogP contribution in [0.2, 0.25) is 0 Å².